The van der Waals surface area contributed by atoms with Crippen molar-refractivity contribution in [3.05, 3.63) is 28.2 Å². The average Bonchev–Trinajstić information content (AvgIpc) is 2.29. The molecule has 1 aromatic carbocycles. The molecule has 0 aliphatic carbocycles. The predicted molar refractivity (Wildman–Crippen MR) is 69.0 cm³/mol. The van der Waals surface area contributed by atoms with Crippen molar-refractivity contribution in [1.29, 1.82) is 0 Å². The second-order valence-corrected chi connectivity index (χ2v) is 4.24. The SMILES string of the molecule is CCOC(=O)COc1ccc(CNC)cc1Br. The van der Waals surface area contributed by atoms with E-state index >= 15 is 0 Å². The number of halogens is 1. The Hall–Kier alpha value is -1.07. The summed E-state index contributed by atoms with van der Waals surface area (Å²) in [6.45, 7) is 2.85. The molecule has 0 spiro atoms. The fraction of sp³-hybridized carbons (Fsp3) is 0.417. The molecule has 0 unspecified atom stereocenters. The Labute approximate surface area is 109 Å². The van der Waals surface area contributed by atoms with Gasteiger partial charge in [0.15, 0.2) is 6.61 Å². The number of carbonyl (C=O) groups excluding carboxylic acids is 1. The van der Waals surface area contributed by atoms with Gasteiger partial charge in [-0.3, -0.25) is 0 Å². The van der Waals surface area contributed by atoms with Gasteiger partial charge in [0.05, 0.1) is 11.1 Å². The third kappa shape index (κ3) is 4.75. The maximum Gasteiger partial charge on any atom is 0.344 e. The highest BCUT2D eigenvalue weighted by atomic mass is 79.9. The van der Waals surface area contributed by atoms with E-state index in [-0.39, 0.29) is 12.6 Å². The second-order valence-electron chi connectivity index (χ2n) is 3.39. The minimum atomic E-state index is -0.362. The van der Waals surface area contributed by atoms with Crippen LogP contribution in [0.1, 0.15) is 12.5 Å². The van der Waals surface area contributed by atoms with Crippen molar-refractivity contribution in [2.24, 2.45) is 0 Å². The van der Waals surface area contributed by atoms with Crippen LogP contribution in [-0.4, -0.2) is 26.2 Å². The van der Waals surface area contributed by atoms with Gasteiger partial charge < -0.3 is 14.8 Å². The topological polar surface area (TPSA) is 47.6 Å². The molecule has 94 valence electrons. The van der Waals surface area contributed by atoms with Gasteiger partial charge in [-0.05, 0) is 47.6 Å². The van der Waals surface area contributed by atoms with Gasteiger partial charge in [0.2, 0.25) is 0 Å². The van der Waals surface area contributed by atoms with Gasteiger partial charge in [-0.15, -0.1) is 0 Å². The predicted octanol–water partition coefficient (Wildman–Crippen LogP) is 2.11. The van der Waals surface area contributed by atoms with Crippen LogP contribution in [0.15, 0.2) is 22.7 Å². The first-order valence-corrected chi connectivity index (χ1v) is 6.18. The number of ether oxygens (including phenoxy) is 2. The van der Waals surface area contributed by atoms with Crippen molar-refractivity contribution >= 4 is 21.9 Å². The Kier molecular flexibility index (Phi) is 6.00. The standard InChI is InChI=1S/C12H16BrNO3/c1-3-16-12(15)8-17-11-5-4-9(7-14-2)6-10(11)13/h4-6,14H,3,7-8H2,1-2H3. The molecule has 1 N–H and O–H groups in total. The van der Waals surface area contributed by atoms with Gasteiger partial charge in [-0.2, -0.15) is 0 Å². The van der Waals surface area contributed by atoms with Crippen LogP contribution in [0.2, 0.25) is 0 Å². The maximum absolute atomic E-state index is 11.1. The van der Waals surface area contributed by atoms with E-state index in [1.165, 1.54) is 0 Å². The summed E-state index contributed by atoms with van der Waals surface area (Å²) in [5.74, 6) is 0.275. The van der Waals surface area contributed by atoms with Crippen LogP contribution < -0.4 is 10.1 Å². The van der Waals surface area contributed by atoms with Crippen molar-refractivity contribution in [3.8, 4) is 5.75 Å². The molecule has 0 aromatic heterocycles. The molecular formula is C12H16BrNO3. The summed E-state index contributed by atoms with van der Waals surface area (Å²) < 4.78 is 10.9. The average molecular weight is 302 g/mol. The lowest BCUT2D eigenvalue weighted by atomic mass is 10.2. The normalized spacial score (nSPS) is 10.1. The summed E-state index contributed by atoms with van der Waals surface area (Å²) in [5.41, 5.74) is 1.14. The molecule has 0 heterocycles. The zero-order chi connectivity index (χ0) is 12.7. The highest BCUT2D eigenvalue weighted by Crippen LogP contribution is 2.25. The molecular weight excluding hydrogens is 286 g/mol. The van der Waals surface area contributed by atoms with Crippen LogP contribution in [-0.2, 0) is 16.1 Å². The zero-order valence-corrected chi connectivity index (χ0v) is 11.5. The maximum atomic E-state index is 11.1. The Morgan fingerprint density at radius 3 is 2.82 bits per heavy atom. The molecule has 0 radical (unpaired) electrons. The van der Waals surface area contributed by atoms with Crippen LogP contribution in [0.3, 0.4) is 0 Å². The Morgan fingerprint density at radius 1 is 1.47 bits per heavy atom. The first-order valence-electron chi connectivity index (χ1n) is 5.38. The first kappa shape index (κ1) is 14.0. The number of rotatable bonds is 6. The van der Waals surface area contributed by atoms with Crippen LogP contribution in [0.4, 0.5) is 0 Å². The Balaban J connectivity index is 2.57. The Bertz CT molecular complexity index is 382. The lowest BCUT2D eigenvalue weighted by Crippen LogP contribution is -2.14. The summed E-state index contributed by atoms with van der Waals surface area (Å²) in [6, 6.07) is 5.73. The number of esters is 1. The van der Waals surface area contributed by atoms with E-state index in [2.05, 4.69) is 21.2 Å². The first-order chi connectivity index (χ1) is 8.17. The van der Waals surface area contributed by atoms with Crippen molar-refractivity contribution in [1.82, 2.24) is 5.32 Å². The van der Waals surface area contributed by atoms with Crippen LogP contribution in [0.5, 0.6) is 5.75 Å². The van der Waals surface area contributed by atoms with E-state index in [1.54, 1.807) is 6.92 Å². The molecule has 0 amide bonds. The molecule has 0 fully saturated rings. The smallest absolute Gasteiger partial charge is 0.344 e. The van der Waals surface area contributed by atoms with Crippen LogP contribution in [0, 0.1) is 0 Å². The van der Waals surface area contributed by atoms with Crippen molar-refractivity contribution in [2.45, 2.75) is 13.5 Å². The molecule has 1 rings (SSSR count). The summed E-state index contributed by atoms with van der Waals surface area (Å²) in [6.07, 6.45) is 0. The molecule has 1 aromatic rings. The van der Waals surface area contributed by atoms with Gasteiger partial charge in [-0.25, -0.2) is 4.79 Å². The van der Waals surface area contributed by atoms with E-state index < -0.39 is 0 Å². The molecule has 4 nitrogen and oxygen atoms in total. The van der Waals surface area contributed by atoms with E-state index in [4.69, 9.17) is 9.47 Å². The zero-order valence-electron chi connectivity index (χ0n) is 9.96. The summed E-state index contributed by atoms with van der Waals surface area (Å²) in [5, 5.41) is 3.06. The molecule has 0 aliphatic heterocycles. The fourth-order valence-electron chi connectivity index (χ4n) is 1.31. The largest absolute Gasteiger partial charge is 0.481 e. The minimum Gasteiger partial charge on any atom is -0.481 e. The van der Waals surface area contributed by atoms with Crippen LogP contribution >= 0.6 is 15.9 Å². The number of nitrogens with one attached hydrogen (secondary N) is 1. The number of carbonyl (C=O) groups is 1. The summed E-state index contributed by atoms with van der Waals surface area (Å²) >= 11 is 3.40. The summed E-state index contributed by atoms with van der Waals surface area (Å²) in [4.78, 5) is 11.1. The van der Waals surface area contributed by atoms with Crippen molar-refractivity contribution in [3.63, 3.8) is 0 Å². The van der Waals surface area contributed by atoms with Gasteiger partial charge in [0, 0.05) is 6.54 Å². The quantitative estimate of drug-likeness (QED) is 0.818. The van der Waals surface area contributed by atoms with Crippen molar-refractivity contribution in [2.75, 3.05) is 20.3 Å². The van der Waals surface area contributed by atoms with Crippen molar-refractivity contribution < 1.29 is 14.3 Å². The van der Waals surface area contributed by atoms with E-state index in [1.807, 2.05) is 25.2 Å². The molecule has 0 saturated heterocycles. The van der Waals surface area contributed by atoms with Gasteiger partial charge in [0.25, 0.3) is 0 Å². The van der Waals surface area contributed by atoms with E-state index in [9.17, 15) is 4.79 Å². The molecule has 0 bridgehead atoms. The highest BCUT2D eigenvalue weighted by molar-refractivity contribution is 9.10. The fourth-order valence-corrected chi connectivity index (χ4v) is 1.86. The molecule has 0 saturated carbocycles. The second kappa shape index (κ2) is 7.29. The third-order valence-electron chi connectivity index (χ3n) is 2.03. The monoisotopic (exact) mass is 301 g/mol. The lowest BCUT2D eigenvalue weighted by Gasteiger charge is -2.09. The van der Waals surface area contributed by atoms with Gasteiger partial charge in [-0.1, -0.05) is 6.07 Å². The van der Waals surface area contributed by atoms with E-state index in [0.29, 0.717) is 12.4 Å². The number of hydrogen-bond acceptors (Lipinski definition) is 4. The summed E-state index contributed by atoms with van der Waals surface area (Å²) in [7, 11) is 1.89. The highest BCUT2D eigenvalue weighted by Gasteiger charge is 2.06. The molecule has 5 heteroatoms. The number of benzene rings is 1. The lowest BCUT2D eigenvalue weighted by molar-refractivity contribution is -0.145. The Morgan fingerprint density at radius 2 is 2.24 bits per heavy atom. The molecule has 0 atom stereocenters. The van der Waals surface area contributed by atoms with Gasteiger partial charge in [0.1, 0.15) is 5.75 Å². The molecule has 17 heavy (non-hydrogen) atoms. The number of hydrogen-bond donors (Lipinski definition) is 1. The van der Waals surface area contributed by atoms with E-state index in [0.717, 1.165) is 16.6 Å². The minimum absolute atomic E-state index is 0.0716. The third-order valence-corrected chi connectivity index (χ3v) is 2.65. The van der Waals surface area contributed by atoms with Gasteiger partial charge >= 0.3 is 5.97 Å². The molecule has 0 aliphatic rings. The van der Waals surface area contributed by atoms with Crippen LogP contribution in [0.25, 0.3) is 0 Å².